The molecule has 0 radical (unpaired) electrons. The van der Waals surface area contributed by atoms with E-state index in [1.807, 2.05) is 42.5 Å². The Morgan fingerprint density at radius 2 is 1.90 bits per heavy atom. The van der Waals surface area contributed by atoms with Gasteiger partial charge in [0, 0.05) is 16.6 Å². The zero-order valence-corrected chi connectivity index (χ0v) is 12.5. The van der Waals surface area contributed by atoms with Crippen LogP contribution >= 0.6 is 23.2 Å². The number of anilines is 1. The topological polar surface area (TPSA) is 42.7 Å². The first-order valence-electron chi connectivity index (χ1n) is 6.35. The molecule has 2 aromatic carbocycles. The van der Waals surface area contributed by atoms with Gasteiger partial charge in [0.25, 0.3) is 0 Å². The molecular formula is C15H12Cl2N4. The smallest absolute Gasteiger partial charge is 0.138 e. The van der Waals surface area contributed by atoms with Gasteiger partial charge in [-0.05, 0) is 35.9 Å². The van der Waals surface area contributed by atoms with Gasteiger partial charge in [0.1, 0.15) is 12.7 Å². The number of aromatic nitrogens is 3. The number of nitrogens with one attached hydrogen (secondary N) is 1. The Kier molecular flexibility index (Phi) is 4.08. The van der Waals surface area contributed by atoms with Crippen LogP contribution in [0.25, 0.3) is 5.69 Å². The second kappa shape index (κ2) is 6.16. The number of rotatable bonds is 4. The van der Waals surface area contributed by atoms with E-state index in [-0.39, 0.29) is 0 Å². The Labute approximate surface area is 132 Å². The van der Waals surface area contributed by atoms with Crippen LogP contribution in [0.3, 0.4) is 0 Å². The van der Waals surface area contributed by atoms with Gasteiger partial charge < -0.3 is 5.32 Å². The summed E-state index contributed by atoms with van der Waals surface area (Å²) in [5, 5.41) is 8.88. The molecule has 0 aliphatic carbocycles. The third-order valence-electron chi connectivity index (χ3n) is 3.00. The minimum atomic E-state index is 0.641. The van der Waals surface area contributed by atoms with Gasteiger partial charge in [-0.3, -0.25) is 0 Å². The molecule has 0 amide bonds. The lowest BCUT2D eigenvalue weighted by Crippen LogP contribution is -2.05. The van der Waals surface area contributed by atoms with Gasteiger partial charge in [-0.1, -0.05) is 35.3 Å². The first-order valence-corrected chi connectivity index (χ1v) is 7.11. The summed E-state index contributed by atoms with van der Waals surface area (Å²) in [5.74, 6) is 0. The van der Waals surface area contributed by atoms with Gasteiger partial charge in [0.2, 0.25) is 0 Å². The van der Waals surface area contributed by atoms with Crippen molar-refractivity contribution >= 4 is 28.9 Å². The number of hydrogen-bond donors (Lipinski definition) is 1. The van der Waals surface area contributed by atoms with Crippen molar-refractivity contribution in [2.24, 2.45) is 0 Å². The van der Waals surface area contributed by atoms with Crippen molar-refractivity contribution in [2.45, 2.75) is 6.54 Å². The van der Waals surface area contributed by atoms with E-state index >= 15 is 0 Å². The molecule has 0 aliphatic rings. The van der Waals surface area contributed by atoms with Crippen molar-refractivity contribution in [3.8, 4) is 5.69 Å². The number of halogens is 2. The maximum absolute atomic E-state index is 6.08. The maximum atomic E-state index is 6.08. The van der Waals surface area contributed by atoms with Gasteiger partial charge in [-0.15, -0.1) is 0 Å². The van der Waals surface area contributed by atoms with Crippen LogP contribution in [0.1, 0.15) is 5.56 Å². The van der Waals surface area contributed by atoms with E-state index in [0.717, 1.165) is 22.0 Å². The van der Waals surface area contributed by atoms with Crippen molar-refractivity contribution < 1.29 is 0 Å². The zero-order chi connectivity index (χ0) is 14.7. The van der Waals surface area contributed by atoms with Gasteiger partial charge in [-0.25, -0.2) is 9.67 Å². The predicted molar refractivity (Wildman–Crippen MR) is 85.1 cm³/mol. The number of benzene rings is 2. The van der Waals surface area contributed by atoms with E-state index in [0.29, 0.717) is 11.6 Å². The predicted octanol–water partition coefficient (Wildman–Crippen LogP) is 4.19. The second-order valence-corrected chi connectivity index (χ2v) is 5.36. The highest BCUT2D eigenvalue weighted by atomic mass is 35.5. The molecule has 0 unspecified atom stereocenters. The highest BCUT2D eigenvalue weighted by molar-refractivity contribution is 6.31. The van der Waals surface area contributed by atoms with Crippen molar-refractivity contribution in [1.82, 2.24) is 14.8 Å². The fraction of sp³-hybridized carbons (Fsp3) is 0.0667. The molecule has 6 heteroatoms. The Morgan fingerprint density at radius 1 is 1.05 bits per heavy atom. The normalized spacial score (nSPS) is 10.6. The summed E-state index contributed by atoms with van der Waals surface area (Å²) in [6.07, 6.45) is 3.14. The maximum Gasteiger partial charge on any atom is 0.138 e. The zero-order valence-electron chi connectivity index (χ0n) is 11.0. The fourth-order valence-electron chi connectivity index (χ4n) is 2.03. The molecule has 0 aliphatic heterocycles. The quantitative estimate of drug-likeness (QED) is 0.784. The molecule has 3 aromatic rings. The van der Waals surface area contributed by atoms with Gasteiger partial charge in [0.15, 0.2) is 0 Å². The van der Waals surface area contributed by atoms with E-state index in [1.165, 1.54) is 6.33 Å². The first kappa shape index (κ1) is 13.9. The van der Waals surface area contributed by atoms with Crippen LogP contribution in [0.5, 0.6) is 0 Å². The molecule has 0 spiro atoms. The molecule has 0 atom stereocenters. The molecule has 0 bridgehead atoms. The van der Waals surface area contributed by atoms with Crippen LogP contribution < -0.4 is 5.32 Å². The van der Waals surface area contributed by atoms with Crippen molar-refractivity contribution in [3.05, 3.63) is 70.7 Å². The van der Waals surface area contributed by atoms with Crippen LogP contribution in [0.15, 0.2) is 55.1 Å². The minimum absolute atomic E-state index is 0.641. The van der Waals surface area contributed by atoms with Crippen molar-refractivity contribution in [3.63, 3.8) is 0 Å². The van der Waals surface area contributed by atoms with Gasteiger partial charge >= 0.3 is 0 Å². The third kappa shape index (κ3) is 3.35. The number of nitrogens with zero attached hydrogens (tertiary/aromatic N) is 3. The monoisotopic (exact) mass is 318 g/mol. The molecule has 3 rings (SSSR count). The average molecular weight is 319 g/mol. The lowest BCUT2D eigenvalue weighted by Gasteiger charge is -2.12. The Hall–Kier alpha value is -2.04. The van der Waals surface area contributed by atoms with Gasteiger partial charge in [-0.2, -0.15) is 5.10 Å². The highest BCUT2D eigenvalue weighted by Crippen LogP contribution is 2.24. The summed E-state index contributed by atoms with van der Waals surface area (Å²) >= 11 is 12.1. The van der Waals surface area contributed by atoms with E-state index in [4.69, 9.17) is 23.2 Å². The summed E-state index contributed by atoms with van der Waals surface area (Å²) in [5.41, 5.74) is 2.86. The lowest BCUT2D eigenvalue weighted by molar-refractivity contribution is 0.878. The van der Waals surface area contributed by atoms with Crippen LogP contribution in [-0.2, 0) is 6.54 Å². The molecule has 0 saturated heterocycles. The van der Waals surface area contributed by atoms with Crippen molar-refractivity contribution in [1.29, 1.82) is 0 Å². The molecule has 21 heavy (non-hydrogen) atoms. The second-order valence-electron chi connectivity index (χ2n) is 4.48. The molecule has 106 valence electrons. The van der Waals surface area contributed by atoms with E-state index in [9.17, 15) is 0 Å². The molecule has 1 N–H and O–H groups in total. The Bertz CT molecular complexity index is 741. The van der Waals surface area contributed by atoms with E-state index < -0.39 is 0 Å². The Balaban J connectivity index is 1.86. The summed E-state index contributed by atoms with van der Waals surface area (Å²) in [6, 6.07) is 13.3. The molecule has 4 nitrogen and oxygen atoms in total. The van der Waals surface area contributed by atoms with Crippen LogP contribution in [0.2, 0.25) is 10.0 Å². The summed E-state index contributed by atoms with van der Waals surface area (Å²) in [4.78, 5) is 3.97. The highest BCUT2D eigenvalue weighted by Gasteiger charge is 2.06. The van der Waals surface area contributed by atoms with Crippen LogP contribution in [-0.4, -0.2) is 14.8 Å². The molecule has 1 heterocycles. The Morgan fingerprint density at radius 3 is 2.67 bits per heavy atom. The molecule has 1 aromatic heterocycles. The number of hydrogen-bond acceptors (Lipinski definition) is 3. The first-order chi connectivity index (χ1) is 10.2. The van der Waals surface area contributed by atoms with Crippen LogP contribution in [0, 0.1) is 0 Å². The van der Waals surface area contributed by atoms with E-state index in [2.05, 4.69) is 15.4 Å². The SMILES string of the molecule is Clc1cccc(CNc2cc(Cl)ccc2-n2cncn2)c1. The fourth-order valence-corrected chi connectivity index (χ4v) is 2.41. The standard InChI is InChI=1S/C15H12Cl2N4/c16-12-3-1-2-11(6-12)8-19-14-7-13(17)4-5-15(14)21-10-18-9-20-21/h1-7,9-10,19H,8H2. The lowest BCUT2D eigenvalue weighted by atomic mass is 10.2. The summed E-state index contributed by atoms with van der Waals surface area (Å²) in [6.45, 7) is 0.641. The van der Waals surface area contributed by atoms with Gasteiger partial charge in [0.05, 0.1) is 11.4 Å². The average Bonchev–Trinajstić information content (AvgIpc) is 2.99. The van der Waals surface area contributed by atoms with Crippen molar-refractivity contribution in [2.75, 3.05) is 5.32 Å². The molecule has 0 fully saturated rings. The summed E-state index contributed by atoms with van der Waals surface area (Å²) < 4.78 is 1.69. The van der Waals surface area contributed by atoms with Crippen LogP contribution in [0.4, 0.5) is 5.69 Å². The summed E-state index contributed by atoms with van der Waals surface area (Å²) in [7, 11) is 0. The molecular weight excluding hydrogens is 307 g/mol. The largest absolute Gasteiger partial charge is 0.379 e. The minimum Gasteiger partial charge on any atom is -0.379 e. The van der Waals surface area contributed by atoms with E-state index in [1.54, 1.807) is 11.0 Å². The third-order valence-corrected chi connectivity index (χ3v) is 3.47. The molecule has 0 saturated carbocycles.